The fourth-order valence-corrected chi connectivity index (χ4v) is 4.05. The van der Waals surface area contributed by atoms with E-state index in [4.69, 9.17) is 4.74 Å². The molecule has 1 fully saturated rings. The van der Waals surface area contributed by atoms with E-state index < -0.39 is 6.10 Å². The molecule has 28 heavy (non-hydrogen) atoms. The average Bonchev–Trinajstić information content (AvgIpc) is 3.29. The number of ether oxygens (including phenoxy) is 1. The Balaban J connectivity index is 1.49. The van der Waals surface area contributed by atoms with Crippen LogP contribution in [0.4, 0.5) is 10.5 Å². The summed E-state index contributed by atoms with van der Waals surface area (Å²) in [5, 5.41) is 2.94. The SMILES string of the molecule is CN(C)C(=O)N1C[C@]2(CO[C@@H](C(=O)NCc3ccncc3)C2)c2ccccc21. The van der Waals surface area contributed by atoms with Gasteiger partial charge < -0.3 is 15.0 Å². The molecule has 7 heteroatoms. The van der Waals surface area contributed by atoms with E-state index in [1.54, 1.807) is 36.3 Å². The Hall–Kier alpha value is -2.93. The van der Waals surface area contributed by atoms with Crippen LogP contribution >= 0.6 is 0 Å². The van der Waals surface area contributed by atoms with Gasteiger partial charge in [-0.3, -0.25) is 14.7 Å². The number of fused-ring (bicyclic) bond motifs is 2. The number of aromatic nitrogens is 1. The molecule has 0 unspecified atom stereocenters. The molecule has 2 atom stereocenters. The van der Waals surface area contributed by atoms with Crippen LogP contribution in [0.2, 0.25) is 0 Å². The van der Waals surface area contributed by atoms with Crippen molar-refractivity contribution in [2.45, 2.75) is 24.5 Å². The molecule has 0 radical (unpaired) electrons. The van der Waals surface area contributed by atoms with Crippen LogP contribution in [0.15, 0.2) is 48.8 Å². The molecule has 0 bridgehead atoms. The van der Waals surface area contributed by atoms with E-state index in [2.05, 4.69) is 10.3 Å². The summed E-state index contributed by atoms with van der Waals surface area (Å²) in [5.41, 5.74) is 2.63. The molecule has 146 valence electrons. The summed E-state index contributed by atoms with van der Waals surface area (Å²) in [7, 11) is 3.49. The van der Waals surface area contributed by atoms with Crippen LogP contribution in [0, 0.1) is 0 Å². The van der Waals surface area contributed by atoms with E-state index in [1.165, 1.54) is 0 Å². The van der Waals surface area contributed by atoms with Gasteiger partial charge in [-0.25, -0.2) is 4.79 Å². The minimum Gasteiger partial charge on any atom is -0.367 e. The number of pyridine rings is 1. The third kappa shape index (κ3) is 3.22. The number of para-hydroxylation sites is 1. The van der Waals surface area contributed by atoms with Crippen LogP contribution in [0.5, 0.6) is 0 Å². The van der Waals surface area contributed by atoms with Crippen LogP contribution in [-0.4, -0.2) is 55.2 Å². The third-order valence-electron chi connectivity index (χ3n) is 5.49. The molecule has 1 aromatic heterocycles. The molecule has 7 nitrogen and oxygen atoms in total. The molecule has 0 aliphatic carbocycles. The van der Waals surface area contributed by atoms with Crippen LogP contribution in [0.25, 0.3) is 0 Å². The first-order valence-electron chi connectivity index (χ1n) is 9.37. The molecule has 1 N–H and O–H groups in total. The summed E-state index contributed by atoms with van der Waals surface area (Å²) in [6.07, 6.45) is 3.44. The Morgan fingerprint density at radius 2 is 2.00 bits per heavy atom. The van der Waals surface area contributed by atoms with Gasteiger partial charge in [0.2, 0.25) is 5.91 Å². The van der Waals surface area contributed by atoms with Gasteiger partial charge in [0.05, 0.1) is 6.61 Å². The van der Waals surface area contributed by atoms with Gasteiger partial charge in [0.1, 0.15) is 6.10 Å². The third-order valence-corrected chi connectivity index (χ3v) is 5.49. The quantitative estimate of drug-likeness (QED) is 0.883. The van der Waals surface area contributed by atoms with Crippen LogP contribution in [0.1, 0.15) is 17.5 Å². The van der Waals surface area contributed by atoms with Gasteiger partial charge in [-0.1, -0.05) is 18.2 Å². The molecule has 1 saturated heterocycles. The molecule has 3 heterocycles. The smallest absolute Gasteiger partial charge is 0.323 e. The lowest BCUT2D eigenvalue weighted by molar-refractivity contribution is -0.130. The zero-order chi connectivity index (χ0) is 19.7. The minimum atomic E-state index is -0.524. The summed E-state index contributed by atoms with van der Waals surface area (Å²) < 4.78 is 5.91. The number of hydrogen-bond donors (Lipinski definition) is 1. The number of hydrogen-bond acceptors (Lipinski definition) is 4. The van der Waals surface area contributed by atoms with Crippen molar-refractivity contribution in [2.24, 2.45) is 0 Å². The van der Waals surface area contributed by atoms with Crippen molar-refractivity contribution in [3.05, 3.63) is 59.9 Å². The number of anilines is 1. The Labute approximate surface area is 164 Å². The number of urea groups is 1. The first-order valence-corrected chi connectivity index (χ1v) is 9.37. The van der Waals surface area contributed by atoms with Gasteiger partial charge >= 0.3 is 6.03 Å². The van der Waals surface area contributed by atoms with E-state index in [0.717, 1.165) is 16.8 Å². The largest absolute Gasteiger partial charge is 0.367 e. The highest BCUT2D eigenvalue weighted by Gasteiger charge is 2.51. The monoisotopic (exact) mass is 380 g/mol. The summed E-state index contributed by atoms with van der Waals surface area (Å²) in [4.78, 5) is 32.6. The lowest BCUT2D eigenvalue weighted by Crippen LogP contribution is -2.43. The molecule has 3 amide bonds. The molecular formula is C21H24N4O3. The Bertz CT molecular complexity index is 886. The predicted molar refractivity (Wildman–Crippen MR) is 105 cm³/mol. The van der Waals surface area contributed by atoms with E-state index >= 15 is 0 Å². The van der Waals surface area contributed by atoms with Gasteiger partial charge in [0.25, 0.3) is 0 Å². The van der Waals surface area contributed by atoms with E-state index in [9.17, 15) is 9.59 Å². The van der Waals surface area contributed by atoms with Crippen LogP contribution < -0.4 is 10.2 Å². The molecule has 1 spiro atoms. The van der Waals surface area contributed by atoms with Crippen molar-refractivity contribution in [1.82, 2.24) is 15.2 Å². The number of carbonyl (C=O) groups excluding carboxylic acids is 2. The summed E-state index contributed by atoms with van der Waals surface area (Å²) in [6, 6.07) is 11.6. The molecule has 2 aliphatic heterocycles. The topological polar surface area (TPSA) is 74.8 Å². The zero-order valence-corrected chi connectivity index (χ0v) is 16.1. The van der Waals surface area contributed by atoms with Crippen molar-refractivity contribution in [3.8, 4) is 0 Å². The number of nitrogens with zero attached hydrogens (tertiary/aromatic N) is 3. The normalized spacial score (nSPS) is 22.9. The molecule has 1 aromatic carbocycles. The highest BCUT2D eigenvalue weighted by molar-refractivity contribution is 5.95. The Morgan fingerprint density at radius 3 is 2.75 bits per heavy atom. The van der Waals surface area contributed by atoms with Gasteiger partial charge in [-0.2, -0.15) is 0 Å². The van der Waals surface area contributed by atoms with Crippen molar-refractivity contribution in [1.29, 1.82) is 0 Å². The van der Waals surface area contributed by atoms with Crippen LogP contribution in [-0.2, 0) is 21.5 Å². The molecule has 2 aromatic rings. The van der Waals surface area contributed by atoms with Gasteiger partial charge in [-0.05, 0) is 35.7 Å². The number of amides is 3. The maximum absolute atomic E-state index is 12.7. The van der Waals surface area contributed by atoms with E-state index in [-0.39, 0.29) is 17.4 Å². The standard InChI is InChI=1S/C21H24N4O3/c1-24(2)20(27)25-13-21(16-5-3-4-6-17(16)25)11-18(28-14-21)19(26)23-12-15-7-9-22-10-8-15/h3-10,18H,11-14H2,1-2H3,(H,23,26)/t18-,21-/m1/s1. The lowest BCUT2D eigenvalue weighted by Gasteiger charge is -2.25. The maximum Gasteiger partial charge on any atom is 0.323 e. The highest BCUT2D eigenvalue weighted by atomic mass is 16.5. The second-order valence-corrected chi connectivity index (χ2v) is 7.64. The zero-order valence-electron chi connectivity index (χ0n) is 16.1. The fraction of sp³-hybridized carbons (Fsp3) is 0.381. The first-order chi connectivity index (χ1) is 13.5. The Morgan fingerprint density at radius 1 is 1.25 bits per heavy atom. The second kappa shape index (κ2) is 7.24. The molecule has 0 saturated carbocycles. The second-order valence-electron chi connectivity index (χ2n) is 7.64. The van der Waals surface area contributed by atoms with Gasteiger partial charge in [0.15, 0.2) is 0 Å². The first kappa shape index (κ1) is 18.4. The molecule has 2 aliphatic rings. The maximum atomic E-state index is 12.7. The number of benzene rings is 1. The summed E-state index contributed by atoms with van der Waals surface area (Å²) in [5.74, 6) is -0.122. The fourth-order valence-electron chi connectivity index (χ4n) is 4.05. The summed E-state index contributed by atoms with van der Waals surface area (Å²) >= 11 is 0. The van der Waals surface area contributed by atoms with Crippen molar-refractivity contribution < 1.29 is 14.3 Å². The van der Waals surface area contributed by atoms with E-state index in [0.29, 0.717) is 26.1 Å². The van der Waals surface area contributed by atoms with Crippen LogP contribution in [0.3, 0.4) is 0 Å². The van der Waals surface area contributed by atoms with Crippen molar-refractivity contribution in [2.75, 3.05) is 32.1 Å². The lowest BCUT2D eigenvalue weighted by atomic mass is 9.80. The number of carbonyl (C=O) groups is 2. The van der Waals surface area contributed by atoms with E-state index in [1.807, 2.05) is 36.4 Å². The van der Waals surface area contributed by atoms with Crippen molar-refractivity contribution >= 4 is 17.6 Å². The summed E-state index contributed by atoms with van der Waals surface area (Å²) in [6.45, 7) is 1.39. The molecular weight excluding hydrogens is 356 g/mol. The average molecular weight is 380 g/mol. The Kier molecular flexibility index (Phi) is 4.77. The van der Waals surface area contributed by atoms with Crippen molar-refractivity contribution in [3.63, 3.8) is 0 Å². The minimum absolute atomic E-state index is 0.0603. The van der Waals surface area contributed by atoms with Gasteiger partial charge in [-0.15, -0.1) is 0 Å². The highest BCUT2D eigenvalue weighted by Crippen LogP contribution is 2.47. The number of rotatable bonds is 3. The molecule has 4 rings (SSSR count). The number of nitrogens with one attached hydrogen (secondary N) is 1. The van der Waals surface area contributed by atoms with Gasteiger partial charge in [0, 0.05) is 50.7 Å². The predicted octanol–water partition coefficient (Wildman–Crippen LogP) is 1.93.